The standard InChI is InChI=1S/C22H24N6O3S2/c1-31-17-7-5-16(6-8-17)24-21(30)22-26-25-19(33-22)14-32-15-20(29)28-12-10-27(11-13-28)18-4-2-3-9-23-18/h2-9H,10-15H2,1H3,(H,24,30). The van der Waals surface area contributed by atoms with Crippen molar-refractivity contribution in [3.63, 3.8) is 0 Å². The Morgan fingerprint density at radius 1 is 1.09 bits per heavy atom. The maximum Gasteiger partial charge on any atom is 0.286 e. The number of methoxy groups -OCH3 is 1. The second kappa shape index (κ2) is 11.1. The van der Waals surface area contributed by atoms with Gasteiger partial charge in [-0.05, 0) is 36.4 Å². The summed E-state index contributed by atoms with van der Waals surface area (Å²) in [5.41, 5.74) is 0.653. The third kappa shape index (κ3) is 6.20. The molecule has 1 saturated heterocycles. The summed E-state index contributed by atoms with van der Waals surface area (Å²) in [5, 5.41) is 11.9. The summed E-state index contributed by atoms with van der Waals surface area (Å²) in [6.45, 7) is 2.92. The summed E-state index contributed by atoms with van der Waals surface area (Å²) in [5.74, 6) is 2.37. The second-order valence-corrected chi connectivity index (χ2v) is 9.28. The van der Waals surface area contributed by atoms with Crippen molar-refractivity contribution in [2.24, 2.45) is 0 Å². The van der Waals surface area contributed by atoms with E-state index in [1.807, 2.05) is 23.1 Å². The molecule has 1 aliphatic rings. The van der Waals surface area contributed by atoms with Gasteiger partial charge in [0.15, 0.2) is 0 Å². The topological polar surface area (TPSA) is 101 Å². The quantitative estimate of drug-likeness (QED) is 0.521. The van der Waals surface area contributed by atoms with Crippen LogP contribution in [0.1, 0.15) is 14.8 Å². The molecule has 0 radical (unpaired) electrons. The number of aromatic nitrogens is 3. The monoisotopic (exact) mass is 484 g/mol. The number of hydrogen-bond acceptors (Lipinski definition) is 9. The number of pyridine rings is 1. The van der Waals surface area contributed by atoms with Crippen molar-refractivity contribution in [3.8, 4) is 5.75 Å². The first kappa shape index (κ1) is 23.0. The highest BCUT2D eigenvalue weighted by Gasteiger charge is 2.22. The third-order valence-electron chi connectivity index (χ3n) is 5.07. The van der Waals surface area contributed by atoms with Gasteiger partial charge in [0.1, 0.15) is 16.6 Å². The van der Waals surface area contributed by atoms with Crippen molar-refractivity contribution in [1.29, 1.82) is 0 Å². The van der Waals surface area contributed by atoms with Gasteiger partial charge in [-0.3, -0.25) is 9.59 Å². The van der Waals surface area contributed by atoms with Crippen molar-refractivity contribution in [2.45, 2.75) is 5.75 Å². The van der Waals surface area contributed by atoms with E-state index in [-0.39, 0.29) is 11.8 Å². The zero-order valence-electron chi connectivity index (χ0n) is 18.1. The lowest BCUT2D eigenvalue weighted by atomic mass is 10.3. The molecule has 0 spiro atoms. The normalized spacial score (nSPS) is 13.6. The fraction of sp³-hybridized carbons (Fsp3) is 0.318. The van der Waals surface area contributed by atoms with Crippen LogP contribution in [0.15, 0.2) is 48.7 Å². The second-order valence-electron chi connectivity index (χ2n) is 7.23. The molecule has 1 aromatic carbocycles. The fourth-order valence-electron chi connectivity index (χ4n) is 3.31. The number of thioether (sulfide) groups is 1. The van der Waals surface area contributed by atoms with Gasteiger partial charge in [-0.1, -0.05) is 17.4 Å². The Balaban J connectivity index is 1.19. The molecule has 0 unspecified atom stereocenters. The number of carbonyl (C=O) groups is 2. The minimum Gasteiger partial charge on any atom is -0.497 e. The number of anilines is 2. The van der Waals surface area contributed by atoms with Gasteiger partial charge in [0.2, 0.25) is 10.9 Å². The lowest BCUT2D eigenvalue weighted by Crippen LogP contribution is -2.49. The summed E-state index contributed by atoms with van der Waals surface area (Å²) in [7, 11) is 1.59. The molecular formula is C22H24N6O3S2. The lowest BCUT2D eigenvalue weighted by molar-refractivity contribution is -0.128. The molecule has 0 atom stereocenters. The molecule has 1 aliphatic heterocycles. The Labute approximate surface area is 200 Å². The third-order valence-corrected chi connectivity index (χ3v) is 7.10. The van der Waals surface area contributed by atoms with E-state index in [4.69, 9.17) is 4.74 Å². The maximum atomic E-state index is 12.6. The number of amides is 2. The summed E-state index contributed by atoms with van der Waals surface area (Å²) in [4.78, 5) is 33.4. The molecule has 33 heavy (non-hydrogen) atoms. The average Bonchev–Trinajstić information content (AvgIpc) is 3.34. The summed E-state index contributed by atoms with van der Waals surface area (Å²) >= 11 is 2.72. The number of nitrogens with one attached hydrogen (secondary N) is 1. The predicted octanol–water partition coefficient (Wildman–Crippen LogP) is 2.78. The van der Waals surface area contributed by atoms with Crippen LogP contribution in [-0.2, 0) is 10.5 Å². The molecule has 4 rings (SSSR count). The Hall–Kier alpha value is -3.18. The first-order valence-corrected chi connectivity index (χ1v) is 12.4. The molecule has 3 heterocycles. The highest BCUT2D eigenvalue weighted by Crippen LogP contribution is 2.20. The van der Waals surface area contributed by atoms with E-state index < -0.39 is 0 Å². The van der Waals surface area contributed by atoms with Crippen LogP contribution in [0.2, 0.25) is 0 Å². The van der Waals surface area contributed by atoms with Crippen LogP contribution in [-0.4, -0.2) is 70.9 Å². The number of ether oxygens (including phenoxy) is 1. The van der Waals surface area contributed by atoms with E-state index in [1.165, 1.54) is 23.1 Å². The lowest BCUT2D eigenvalue weighted by Gasteiger charge is -2.35. The van der Waals surface area contributed by atoms with E-state index in [0.29, 0.717) is 46.0 Å². The van der Waals surface area contributed by atoms with Crippen LogP contribution in [0.25, 0.3) is 0 Å². The maximum absolute atomic E-state index is 12.6. The molecule has 0 bridgehead atoms. The van der Waals surface area contributed by atoms with Crippen LogP contribution in [0.5, 0.6) is 5.75 Å². The average molecular weight is 485 g/mol. The molecule has 2 amide bonds. The zero-order chi connectivity index (χ0) is 23.0. The van der Waals surface area contributed by atoms with E-state index in [1.54, 1.807) is 37.6 Å². The highest BCUT2D eigenvalue weighted by atomic mass is 32.2. The number of benzene rings is 1. The smallest absolute Gasteiger partial charge is 0.286 e. The largest absolute Gasteiger partial charge is 0.497 e. The van der Waals surface area contributed by atoms with Crippen LogP contribution in [0.3, 0.4) is 0 Å². The number of hydrogen-bond donors (Lipinski definition) is 1. The van der Waals surface area contributed by atoms with Crippen molar-refractivity contribution in [2.75, 3.05) is 49.3 Å². The van der Waals surface area contributed by atoms with Crippen molar-refractivity contribution < 1.29 is 14.3 Å². The zero-order valence-corrected chi connectivity index (χ0v) is 19.8. The Morgan fingerprint density at radius 2 is 1.88 bits per heavy atom. The van der Waals surface area contributed by atoms with Gasteiger partial charge in [0, 0.05) is 43.8 Å². The Morgan fingerprint density at radius 3 is 2.58 bits per heavy atom. The molecular weight excluding hydrogens is 460 g/mol. The first-order chi connectivity index (χ1) is 16.1. The van der Waals surface area contributed by atoms with Gasteiger partial charge in [-0.25, -0.2) is 4.98 Å². The predicted molar refractivity (Wildman–Crippen MR) is 130 cm³/mol. The van der Waals surface area contributed by atoms with E-state index in [9.17, 15) is 9.59 Å². The van der Waals surface area contributed by atoms with Crippen LogP contribution in [0, 0.1) is 0 Å². The van der Waals surface area contributed by atoms with E-state index in [2.05, 4.69) is 25.4 Å². The van der Waals surface area contributed by atoms with Gasteiger partial charge in [0.05, 0.1) is 12.9 Å². The molecule has 9 nitrogen and oxygen atoms in total. The number of piperazine rings is 1. The Bertz CT molecular complexity index is 1070. The molecule has 0 saturated carbocycles. The SMILES string of the molecule is COc1ccc(NC(=O)c2nnc(CSCC(=O)N3CCN(c4ccccn4)CC3)s2)cc1. The fourth-order valence-corrected chi connectivity index (χ4v) is 5.01. The van der Waals surface area contributed by atoms with E-state index >= 15 is 0 Å². The highest BCUT2D eigenvalue weighted by molar-refractivity contribution is 7.99. The Kier molecular flexibility index (Phi) is 7.74. The minimum atomic E-state index is -0.309. The van der Waals surface area contributed by atoms with Crippen molar-refractivity contribution >= 4 is 46.4 Å². The molecule has 2 aromatic heterocycles. The molecule has 3 aromatic rings. The number of carbonyl (C=O) groups excluding carboxylic acids is 2. The summed E-state index contributed by atoms with van der Waals surface area (Å²) in [6.07, 6.45) is 1.78. The number of nitrogens with zero attached hydrogens (tertiary/aromatic N) is 5. The van der Waals surface area contributed by atoms with Crippen LogP contribution in [0.4, 0.5) is 11.5 Å². The molecule has 11 heteroatoms. The summed E-state index contributed by atoms with van der Waals surface area (Å²) in [6, 6.07) is 12.9. The van der Waals surface area contributed by atoms with Gasteiger partial charge in [-0.2, -0.15) is 0 Å². The summed E-state index contributed by atoms with van der Waals surface area (Å²) < 4.78 is 5.11. The van der Waals surface area contributed by atoms with E-state index in [0.717, 1.165) is 18.9 Å². The first-order valence-electron chi connectivity index (χ1n) is 10.4. The van der Waals surface area contributed by atoms with Crippen LogP contribution < -0.4 is 15.0 Å². The van der Waals surface area contributed by atoms with Crippen LogP contribution >= 0.6 is 23.1 Å². The number of rotatable bonds is 8. The molecule has 1 N–H and O–H groups in total. The molecule has 0 aliphatic carbocycles. The van der Waals surface area contributed by atoms with Gasteiger partial charge in [-0.15, -0.1) is 22.0 Å². The molecule has 172 valence electrons. The molecule has 1 fully saturated rings. The minimum absolute atomic E-state index is 0.114. The van der Waals surface area contributed by atoms with Gasteiger partial charge >= 0.3 is 0 Å². The van der Waals surface area contributed by atoms with Gasteiger partial charge in [0.25, 0.3) is 5.91 Å². The van der Waals surface area contributed by atoms with Gasteiger partial charge < -0.3 is 19.9 Å². The van der Waals surface area contributed by atoms with Crippen molar-refractivity contribution in [3.05, 3.63) is 58.7 Å². The van der Waals surface area contributed by atoms with Crippen molar-refractivity contribution in [1.82, 2.24) is 20.1 Å².